The van der Waals surface area contributed by atoms with Crippen molar-refractivity contribution < 1.29 is 19.8 Å². The van der Waals surface area contributed by atoms with E-state index in [0.29, 0.717) is 5.92 Å². The molecule has 5 heteroatoms. The number of carbonyl (C=O) groups is 2. The molecular formula is C14H25NO4. The highest BCUT2D eigenvalue weighted by molar-refractivity contribution is 5.84. The minimum Gasteiger partial charge on any atom is -0.481 e. The van der Waals surface area contributed by atoms with Gasteiger partial charge >= 0.3 is 5.97 Å². The van der Waals surface area contributed by atoms with Gasteiger partial charge in [-0.05, 0) is 31.6 Å². The van der Waals surface area contributed by atoms with Crippen LogP contribution in [-0.4, -0.2) is 34.2 Å². The number of carbonyl (C=O) groups excluding carboxylic acids is 1. The summed E-state index contributed by atoms with van der Waals surface area (Å²) in [5.41, 5.74) is -0.559. The molecule has 1 aliphatic carbocycles. The van der Waals surface area contributed by atoms with Gasteiger partial charge in [0.15, 0.2) is 0 Å². The zero-order valence-corrected chi connectivity index (χ0v) is 12.0. The van der Waals surface area contributed by atoms with Crippen LogP contribution in [0.5, 0.6) is 0 Å². The SMILES string of the molecule is CC1CCC(CO)(NC(=O)C(C)C(C)C(=O)O)CC1. The second kappa shape index (κ2) is 6.37. The molecule has 0 aromatic rings. The Labute approximate surface area is 114 Å². The van der Waals surface area contributed by atoms with Crippen LogP contribution in [0.3, 0.4) is 0 Å². The maximum Gasteiger partial charge on any atom is 0.307 e. The number of rotatable bonds is 5. The fourth-order valence-electron chi connectivity index (χ4n) is 2.45. The summed E-state index contributed by atoms with van der Waals surface area (Å²) in [6, 6.07) is 0. The second-order valence-corrected chi connectivity index (χ2v) is 6.03. The fraction of sp³-hybridized carbons (Fsp3) is 0.857. The van der Waals surface area contributed by atoms with Gasteiger partial charge in [0, 0.05) is 5.92 Å². The number of hydrogen-bond acceptors (Lipinski definition) is 3. The minimum atomic E-state index is -0.974. The molecule has 0 aromatic carbocycles. The van der Waals surface area contributed by atoms with Crippen LogP contribution in [0.15, 0.2) is 0 Å². The van der Waals surface area contributed by atoms with Gasteiger partial charge in [0.05, 0.1) is 18.1 Å². The molecule has 19 heavy (non-hydrogen) atoms. The lowest BCUT2D eigenvalue weighted by Crippen LogP contribution is -2.55. The first-order valence-electron chi connectivity index (χ1n) is 6.97. The highest BCUT2D eigenvalue weighted by Crippen LogP contribution is 2.32. The molecule has 0 bridgehead atoms. The van der Waals surface area contributed by atoms with Gasteiger partial charge in [-0.15, -0.1) is 0 Å². The van der Waals surface area contributed by atoms with E-state index in [0.717, 1.165) is 25.7 Å². The van der Waals surface area contributed by atoms with Crippen molar-refractivity contribution in [2.75, 3.05) is 6.61 Å². The summed E-state index contributed by atoms with van der Waals surface area (Å²) >= 11 is 0. The van der Waals surface area contributed by atoms with Crippen LogP contribution in [0, 0.1) is 17.8 Å². The molecule has 2 unspecified atom stereocenters. The van der Waals surface area contributed by atoms with E-state index in [-0.39, 0.29) is 12.5 Å². The van der Waals surface area contributed by atoms with Crippen molar-refractivity contribution in [1.82, 2.24) is 5.32 Å². The van der Waals surface area contributed by atoms with E-state index in [1.807, 2.05) is 0 Å². The van der Waals surface area contributed by atoms with Crippen LogP contribution in [0.2, 0.25) is 0 Å². The molecule has 110 valence electrons. The summed E-state index contributed by atoms with van der Waals surface area (Å²) in [6.07, 6.45) is 3.46. The molecule has 5 nitrogen and oxygen atoms in total. The third-order valence-electron chi connectivity index (χ3n) is 4.48. The van der Waals surface area contributed by atoms with E-state index in [4.69, 9.17) is 5.11 Å². The lowest BCUT2D eigenvalue weighted by molar-refractivity contribution is -0.146. The van der Waals surface area contributed by atoms with Gasteiger partial charge in [-0.2, -0.15) is 0 Å². The summed E-state index contributed by atoms with van der Waals surface area (Å²) in [5.74, 6) is -1.96. The number of nitrogens with one attached hydrogen (secondary N) is 1. The Hall–Kier alpha value is -1.10. The first-order valence-corrected chi connectivity index (χ1v) is 6.97. The molecule has 1 rings (SSSR count). The Morgan fingerprint density at radius 1 is 1.26 bits per heavy atom. The third-order valence-corrected chi connectivity index (χ3v) is 4.48. The summed E-state index contributed by atoms with van der Waals surface area (Å²) in [5, 5.41) is 21.4. The number of hydrogen-bond donors (Lipinski definition) is 3. The molecule has 1 aliphatic rings. The summed E-state index contributed by atoms with van der Waals surface area (Å²) in [4.78, 5) is 23.0. The summed E-state index contributed by atoms with van der Waals surface area (Å²) < 4.78 is 0. The molecule has 0 radical (unpaired) electrons. The van der Waals surface area contributed by atoms with Crippen molar-refractivity contribution in [2.45, 2.75) is 52.0 Å². The lowest BCUT2D eigenvalue weighted by Gasteiger charge is -2.39. The maximum atomic E-state index is 12.1. The van der Waals surface area contributed by atoms with Gasteiger partial charge in [-0.1, -0.05) is 20.8 Å². The van der Waals surface area contributed by atoms with Crippen molar-refractivity contribution in [3.05, 3.63) is 0 Å². The minimum absolute atomic E-state index is 0.0837. The Morgan fingerprint density at radius 2 is 1.79 bits per heavy atom. The molecule has 1 fully saturated rings. The number of carboxylic acid groups (broad SMARTS) is 1. The number of aliphatic hydroxyl groups is 1. The highest BCUT2D eigenvalue weighted by Gasteiger charge is 2.37. The number of aliphatic hydroxyl groups excluding tert-OH is 1. The monoisotopic (exact) mass is 271 g/mol. The smallest absolute Gasteiger partial charge is 0.307 e. The Kier molecular flexibility index (Phi) is 5.35. The summed E-state index contributed by atoms with van der Waals surface area (Å²) in [6.45, 7) is 5.23. The van der Waals surface area contributed by atoms with Crippen LogP contribution in [0.1, 0.15) is 46.5 Å². The average molecular weight is 271 g/mol. The molecule has 2 atom stereocenters. The van der Waals surface area contributed by atoms with Crippen LogP contribution < -0.4 is 5.32 Å². The fourth-order valence-corrected chi connectivity index (χ4v) is 2.45. The summed E-state index contributed by atoms with van der Waals surface area (Å²) in [7, 11) is 0. The highest BCUT2D eigenvalue weighted by atomic mass is 16.4. The molecule has 3 N–H and O–H groups in total. The molecule has 1 amide bonds. The molecule has 0 aliphatic heterocycles. The Morgan fingerprint density at radius 3 is 2.21 bits per heavy atom. The van der Waals surface area contributed by atoms with Gasteiger partial charge in [0.1, 0.15) is 0 Å². The number of carboxylic acids is 1. The van der Waals surface area contributed by atoms with E-state index in [9.17, 15) is 14.7 Å². The number of amides is 1. The first-order chi connectivity index (χ1) is 8.81. The van der Waals surface area contributed by atoms with Crippen molar-refractivity contribution >= 4 is 11.9 Å². The standard InChI is InChI=1S/C14H25NO4/c1-9-4-6-14(8-16,7-5-9)15-12(17)10(2)11(3)13(18)19/h9-11,16H,4-8H2,1-3H3,(H,15,17)(H,18,19). The quantitative estimate of drug-likeness (QED) is 0.705. The van der Waals surface area contributed by atoms with Crippen LogP contribution in [0.4, 0.5) is 0 Å². The van der Waals surface area contributed by atoms with Crippen LogP contribution >= 0.6 is 0 Å². The van der Waals surface area contributed by atoms with E-state index >= 15 is 0 Å². The van der Waals surface area contributed by atoms with E-state index < -0.39 is 23.3 Å². The van der Waals surface area contributed by atoms with E-state index in [1.165, 1.54) is 6.92 Å². The van der Waals surface area contributed by atoms with Crippen molar-refractivity contribution in [1.29, 1.82) is 0 Å². The predicted molar refractivity (Wildman–Crippen MR) is 71.6 cm³/mol. The second-order valence-electron chi connectivity index (χ2n) is 6.03. The third kappa shape index (κ3) is 3.93. The van der Waals surface area contributed by atoms with Gasteiger partial charge < -0.3 is 15.5 Å². The van der Waals surface area contributed by atoms with Crippen molar-refractivity contribution in [2.24, 2.45) is 17.8 Å². The average Bonchev–Trinajstić information content (AvgIpc) is 2.39. The maximum absolute atomic E-state index is 12.1. The molecule has 0 spiro atoms. The zero-order chi connectivity index (χ0) is 14.6. The van der Waals surface area contributed by atoms with Gasteiger partial charge in [0.2, 0.25) is 5.91 Å². The van der Waals surface area contributed by atoms with Crippen molar-refractivity contribution in [3.8, 4) is 0 Å². The van der Waals surface area contributed by atoms with Gasteiger partial charge in [0.25, 0.3) is 0 Å². The number of aliphatic carboxylic acids is 1. The van der Waals surface area contributed by atoms with Crippen LogP contribution in [0.25, 0.3) is 0 Å². The first kappa shape index (κ1) is 16.0. The van der Waals surface area contributed by atoms with Crippen LogP contribution in [-0.2, 0) is 9.59 Å². The topological polar surface area (TPSA) is 86.6 Å². The van der Waals surface area contributed by atoms with Crippen molar-refractivity contribution in [3.63, 3.8) is 0 Å². The normalized spacial score (nSPS) is 30.4. The lowest BCUT2D eigenvalue weighted by atomic mass is 9.77. The van der Waals surface area contributed by atoms with Gasteiger partial charge in [-0.25, -0.2) is 0 Å². The predicted octanol–water partition coefficient (Wildman–Crippen LogP) is 1.40. The molecule has 0 heterocycles. The van der Waals surface area contributed by atoms with Gasteiger partial charge in [-0.3, -0.25) is 9.59 Å². The van der Waals surface area contributed by atoms with E-state index in [2.05, 4.69) is 12.2 Å². The Balaban J connectivity index is 2.65. The Bertz CT molecular complexity index is 334. The molecule has 0 saturated heterocycles. The molecule has 0 aromatic heterocycles. The molecule has 1 saturated carbocycles. The zero-order valence-electron chi connectivity index (χ0n) is 12.0. The molecular weight excluding hydrogens is 246 g/mol. The largest absolute Gasteiger partial charge is 0.481 e. The van der Waals surface area contributed by atoms with E-state index in [1.54, 1.807) is 6.92 Å².